The van der Waals surface area contributed by atoms with Crippen molar-refractivity contribution < 1.29 is 18.2 Å². The lowest BCUT2D eigenvalue weighted by Crippen LogP contribution is -2.52. The second kappa shape index (κ2) is 9.00. The van der Waals surface area contributed by atoms with Crippen LogP contribution in [0.3, 0.4) is 0 Å². The molecule has 0 fully saturated rings. The molecule has 35 heavy (non-hydrogen) atoms. The molecule has 1 aliphatic rings. The van der Waals surface area contributed by atoms with Crippen LogP contribution in [-0.2, 0) is 5.54 Å². The van der Waals surface area contributed by atoms with Crippen LogP contribution in [0.25, 0.3) is 10.9 Å². The van der Waals surface area contributed by atoms with E-state index in [-0.39, 0.29) is 23.8 Å². The molecule has 0 bridgehead atoms. The van der Waals surface area contributed by atoms with Gasteiger partial charge in [0, 0.05) is 22.8 Å². The minimum Gasteiger partial charge on any atom is -0.479 e. The molecule has 1 aromatic carbocycles. The average molecular weight is 498 g/mol. The van der Waals surface area contributed by atoms with E-state index in [2.05, 4.69) is 32.1 Å². The fraction of sp³-hybridized carbons (Fsp3) is 0.320. The normalized spacial score (nSPS) is 21.4. The summed E-state index contributed by atoms with van der Waals surface area (Å²) in [6.07, 6.45) is 3.23. The Bertz CT molecular complexity index is 1380. The van der Waals surface area contributed by atoms with Crippen molar-refractivity contribution in [1.29, 1.82) is 0 Å². The van der Waals surface area contributed by atoms with Gasteiger partial charge in [0.2, 0.25) is 0 Å². The van der Waals surface area contributed by atoms with Crippen molar-refractivity contribution in [3.05, 3.63) is 54.1 Å². The Labute approximate surface area is 205 Å². The molecule has 0 radical (unpaired) electrons. The summed E-state index contributed by atoms with van der Waals surface area (Å²) >= 11 is 0. The number of halogens is 1. The molecule has 0 aliphatic carbocycles. The molecule has 184 valence electrons. The van der Waals surface area contributed by atoms with Crippen molar-refractivity contribution in [2.45, 2.75) is 38.0 Å². The maximum Gasteiger partial charge on any atom is 0.156 e. The average Bonchev–Trinajstić information content (AvgIpc) is 2.79. The number of aromatic nitrogens is 2. The first-order valence-electron chi connectivity index (χ1n) is 10.9. The van der Waals surface area contributed by atoms with Crippen molar-refractivity contribution in [2.24, 2.45) is 10.7 Å². The van der Waals surface area contributed by atoms with E-state index in [4.69, 9.17) is 10.5 Å². The van der Waals surface area contributed by atoms with Crippen molar-refractivity contribution in [2.75, 3.05) is 17.7 Å². The Hall–Kier alpha value is -3.39. The fourth-order valence-corrected chi connectivity index (χ4v) is 5.61. The molecular weight excluding hydrogens is 469 g/mol. The van der Waals surface area contributed by atoms with Crippen LogP contribution < -0.4 is 15.8 Å². The van der Waals surface area contributed by atoms with Crippen LogP contribution >= 0.6 is 10.6 Å². The first kappa shape index (κ1) is 24.7. The number of hydrogen-bond acceptors (Lipinski definition) is 8. The van der Waals surface area contributed by atoms with Gasteiger partial charge in [0.05, 0.1) is 11.9 Å². The summed E-state index contributed by atoms with van der Waals surface area (Å²) in [7, 11) is -3.18. The van der Waals surface area contributed by atoms with Gasteiger partial charge in [-0.2, -0.15) is 10.6 Å². The molecule has 1 atom stereocenters. The number of aliphatic imine (C=N–C) groups is 1. The highest BCUT2D eigenvalue weighted by Crippen LogP contribution is 2.59. The molecule has 0 saturated heterocycles. The predicted octanol–water partition coefficient (Wildman–Crippen LogP) is 5.03. The molecule has 0 unspecified atom stereocenters. The Morgan fingerprint density at radius 1 is 1.20 bits per heavy atom. The quantitative estimate of drug-likeness (QED) is 0.364. The third kappa shape index (κ3) is 4.62. The van der Waals surface area contributed by atoms with E-state index in [1.807, 2.05) is 12.1 Å². The second-order valence-electron chi connectivity index (χ2n) is 9.03. The molecule has 0 spiro atoms. The molecular formula is C25H28FN5O3S. The lowest BCUT2D eigenvalue weighted by molar-refractivity contribution is 0.369. The Morgan fingerprint density at radius 2 is 1.97 bits per heavy atom. The van der Waals surface area contributed by atoms with Crippen LogP contribution in [0.15, 0.2) is 47.7 Å². The monoisotopic (exact) mass is 497 g/mol. The first-order chi connectivity index (χ1) is 16.5. The van der Waals surface area contributed by atoms with E-state index >= 15 is 0 Å². The maximum atomic E-state index is 15.0. The highest BCUT2D eigenvalue weighted by molar-refractivity contribution is 8.26. The first-order valence-corrected chi connectivity index (χ1v) is 12.6. The topological polar surface area (TPSA) is 126 Å². The minimum absolute atomic E-state index is 0.0758. The number of pyridine rings is 2. The Kier molecular flexibility index (Phi) is 6.36. The largest absolute Gasteiger partial charge is 0.479 e. The zero-order valence-electron chi connectivity index (χ0n) is 20.0. The van der Waals surface area contributed by atoms with Crippen LogP contribution in [0.4, 0.5) is 15.9 Å². The number of nitrogens with zero attached hydrogens (tertiary/aromatic N) is 3. The van der Waals surface area contributed by atoms with E-state index in [9.17, 15) is 13.5 Å². The van der Waals surface area contributed by atoms with Crippen LogP contribution in [-0.4, -0.2) is 42.0 Å². The van der Waals surface area contributed by atoms with Gasteiger partial charge in [-0.1, -0.05) is 5.92 Å². The van der Waals surface area contributed by atoms with Crippen LogP contribution in [0.2, 0.25) is 0 Å². The van der Waals surface area contributed by atoms with Crippen molar-refractivity contribution in [3.8, 4) is 17.6 Å². The van der Waals surface area contributed by atoms with Gasteiger partial charge in [-0.3, -0.25) is 14.1 Å². The van der Waals surface area contributed by atoms with Gasteiger partial charge in [-0.05, 0) is 58.0 Å². The highest BCUT2D eigenvalue weighted by Gasteiger charge is 2.49. The zero-order valence-corrected chi connectivity index (χ0v) is 20.8. The van der Waals surface area contributed by atoms with Gasteiger partial charge in [0.1, 0.15) is 39.8 Å². The molecule has 5 N–H and O–H groups in total. The molecule has 1 aliphatic heterocycles. The van der Waals surface area contributed by atoms with Gasteiger partial charge >= 0.3 is 0 Å². The van der Waals surface area contributed by atoms with Gasteiger partial charge in [-0.25, -0.2) is 14.4 Å². The van der Waals surface area contributed by atoms with Gasteiger partial charge in [0.25, 0.3) is 0 Å². The third-order valence-electron chi connectivity index (χ3n) is 6.15. The van der Waals surface area contributed by atoms with E-state index < -0.39 is 26.7 Å². The van der Waals surface area contributed by atoms with E-state index in [1.165, 1.54) is 6.07 Å². The summed E-state index contributed by atoms with van der Waals surface area (Å²) in [6, 6.07) is 8.12. The summed E-state index contributed by atoms with van der Waals surface area (Å²) < 4.78 is 41.0. The molecule has 4 rings (SSSR count). The molecule has 3 heterocycles. The summed E-state index contributed by atoms with van der Waals surface area (Å²) in [5, 5.41) is 3.99. The smallest absolute Gasteiger partial charge is 0.156 e. The Balaban J connectivity index is 1.68. The number of benzene rings is 1. The molecule has 10 heteroatoms. The van der Waals surface area contributed by atoms with Crippen molar-refractivity contribution in [3.63, 3.8) is 0 Å². The number of rotatable bonds is 5. The van der Waals surface area contributed by atoms with Gasteiger partial charge in [-0.15, -0.1) is 5.92 Å². The summed E-state index contributed by atoms with van der Waals surface area (Å²) in [4.78, 5) is 13.4. The third-order valence-corrected chi connectivity index (χ3v) is 8.96. The van der Waals surface area contributed by atoms with E-state index in [1.54, 1.807) is 52.2 Å². The maximum absolute atomic E-state index is 15.0. The predicted molar refractivity (Wildman–Crippen MR) is 139 cm³/mol. The van der Waals surface area contributed by atoms with Crippen LogP contribution in [0, 0.1) is 17.7 Å². The molecule has 2 aromatic heterocycles. The number of amidine groups is 1. The van der Waals surface area contributed by atoms with Gasteiger partial charge in [0.15, 0.2) is 5.82 Å². The minimum atomic E-state index is -3.18. The lowest BCUT2D eigenvalue weighted by atomic mass is 9.92. The van der Waals surface area contributed by atoms with Gasteiger partial charge < -0.3 is 15.8 Å². The SMILES string of the molecule is CC#CCOc1cnc2c(Nc3ccc(F)c([C@]4(C)CS(O)(O)C(C)(C)C(N)=N4)c3)nccc2c1. The Morgan fingerprint density at radius 3 is 2.69 bits per heavy atom. The molecule has 0 saturated carbocycles. The summed E-state index contributed by atoms with van der Waals surface area (Å²) in [6.45, 7) is 6.91. The number of fused-ring (bicyclic) bond motifs is 1. The lowest BCUT2D eigenvalue weighted by Gasteiger charge is -2.53. The van der Waals surface area contributed by atoms with Crippen molar-refractivity contribution >= 4 is 38.8 Å². The van der Waals surface area contributed by atoms with Crippen LogP contribution in [0.1, 0.15) is 33.3 Å². The summed E-state index contributed by atoms with van der Waals surface area (Å²) in [5.41, 5.74) is 6.19. The number of anilines is 2. The summed E-state index contributed by atoms with van der Waals surface area (Å²) in [5.74, 6) is 6.08. The molecule has 8 nitrogen and oxygen atoms in total. The number of ether oxygens (including phenoxy) is 1. The highest BCUT2D eigenvalue weighted by atomic mass is 32.3. The fourth-order valence-electron chi connectivity index (χ4n) is 3.86. The number of nitrogens with one attached hydrogen (secondary N) is 1. The van der Waals surface area contributed by atoms with Crippen LogP contribution in [0.5, 0.6) is 5.75 Å². The van der Waals surface area contributed by atoms with Crippen molar-refractivity contribution in [1.82, 2.24) is 9.97 Å². The van der Waals surface area contributed by atoms with E-state index in [0.29, 0.717) is 22.8 Å². The molecule has 0 amide bonds. The molecule has 3 aromatic rings. The standard InChI is InChI=1S/C25H28FN5O3S/c1-5-6-11-34-18-12-16-9-10-28-22(21(16)29-14-18)30-17-7-8-20(26)19(13-17)25(4)15-35(32,33)24(2,3)23(27)31-25/h7-10,12-14,32-33H,11,15H2,1-4H3,(H2,27,31)(H,28,30)/t25-/m0/s1. The number of nitrogens with two attached hydrogens (primary N) is 1. The number of hydrogen-bond donors (Lipinski definition) is 4. The zero-order chi connectivity index (χ0) is 25.4. The van der Waals surface area contributed by atoms with E-state index in [0.717, 1.165) is 5.39 Å². The second-order valence-corrected chi connectivity index (χ2v) is 11.7.